The SMILES string of the molecule is CCCCCCCCCCCCCCCC(=O)O.CCn1cc(C(=O)O)c(=O)c2cc(F)c(N3CCNCC3)cc21. The molecule has 0 saturated carbocycles. The molecule has 1 fully saturated rings. The van der Waals surface area contributed by atoms with Gasteiger partial charge in [0.05, 0.1) is 11.2 Å². The number of piperazine rings is 1. The lowest BCUT2D eigenvalue weighted by Gasteiger charge is -2.30. The van der Waals surface area contributed by atoms with Crippen molar-refractivity contribution in [3.05, 3.63) is 39.9 Å². The van der Waals surface area contributed by atoms with Gasteiger partial charge in [-0.15, -0.1) is 0 Å². The van der Waals surface area contributed by atoms with E-state index in [-0.39, 0.29) is 10.9 Å². The number of aliphatic carboxylic acids is 1. The van der Waals surface area contributed by atoms with Gasteiger partial charge in [-0.25, -0.2) is 9.18 Å². The predicted octanol–water partition coefficient (Wildman–Crippen LogP) is 6.82. The van der Waals surface area contributed by atoms with Crippen LogP contribution in [0.1, 0.15) is 114 Å². The molecule has 41 heavy (non-hydrogen) atoms. The number of pyridine rings is 1. The first-order valence-electron chi connectivity index (χ1n) is 15.6. The van der Waals surface area contributed by atoms with Crippen molar-refractivity contribution >= 4 is 28.5 Å². The minimum atomic E-state index is -1.30. The third-order valence-electron chi connectivity index (χ3n) is 7.67. The lowest BCUT2D eigenvalue weighted by atomic mass is 10.0. The zero-order valence-corrected chi connectivity index (χ0v) is 25.1. The van der Waals surface area contributed by atoms with Crippen LogP contribution < -0.4 is 15.6 Å². The van der Waals surface area contributed by atoms with E-state index in [4.69, 9.17) is 10.2 Å². The molecule has 0 amide bonds. The Morgan fingerprint density at radius 2 is 1.39 bits per heavy atom. The van der Waals surface area contributed by atoms with Crippen LogP contribution in [0.25, 0.3) is 10.9 Å². The van der Waals surface area contributed by atoms with Crippen molar-refractivity contribution < 1.29 is 24.2 Å². The zero-order valence-electron chi connectivity index (χ0n) is 25.1. The maximum Gasteiger partial charge on any atom is 0.341 e. The number of halogens is 1. The molecule has 0 aliphatic carbocycles. The van der Waals surface area contributed by atoms with E-state index >= 15 is 0 Å². The van der Waals surface area contributed by atoms with Crippen LogP contribution in [0.4, 0.5) is 10.1 Å². The number of fused-ring (bicyclic) bond motifs is 1. The van der Waals surface area contributed by atoms with E-state index in [9.17, 15) is 18.8 Å². The maximum absolute atomic E-state index is 14.5. The molecule has 230 valence electrons. The number of anilines is 1. The van der Waals surface area contributed by atoms with Gasteiger partial charge in [0.2, 0.25) is 5.43 Å². The summed E-state index contributed by atoms with van der Waals surface area (Å²) in [6, 6.07) is 2.81. The Balaban J connectivity index is 0.000000298. The molecule has 2 aromatic rings. The average Bonchev–Trinajstić information content (AvgIpc) is 2.96. The van der Waals surface area contributed by atoms with Crippen LogP contribution >= 0.6 is 0 Å². The van der Waals surface area contributed by atoms with Crippen LogP contribution in [0, 0.1) is 5.82 Å². The first-order valence-corrected chi connectivity index (χ1v) is 15.6. The number of carboxylic acids is 2. The van der Waals surface area contributed by atoms with Crippen molar-refractivity contribution in [2.75, 3.05) is 31.1 Å². The highest BCUT2D eigenvalue weighted by Gasteiger charge is 2.20. The number of rotatable bonds is 17. The second-order valence-electron chi connectivity index (χ2n) is 10.9. The molecule has 2 heterocycles. The number of unbranched alkanes of at least 4 members (excludes halogenated alkanes) is 12. The van der Waals surface area contributed by atoms with Gasteiger partial charge in [-0.05, 0) is 25.5 Å². The molecule has 1 aliphatic rings. The Morgan fingerprint density at radius 1 is 0.854 bits per heavy atom. The Hall–Kier alpha value is -2.94. The summed E-state index contributed by atoms with van der Waals surface area (Å²) in [5.74, 6) is -2.45. The highest BCUT2D eigenvalue weighted by atomic mass is 19.1. The Bertz CT molecular complexity index is 1140. The summed E-state index contributed by atoms with van der Waals surface area (Å²) in [7, 11) is 0. The molecular weight excluding hydrogens is 525 g/mol. The van der Waals surface area contributed by atoms with E-state index in [0.29, 0.717) is 37.3 Å². The van der Waals surface area contributed by atoms with E-state index in [2.05, 4.69) is 12.2 Å². The molecule has 0 radical (unpaired) electrons. The predicted molar refractivity (Wildman–Crippen MR) is 164 cm³/mol. The molecule has 3 rings (SSSR count). The fourth-order valence-electron chi connectivity index (χ4n) is 5.26. The van der Waals surface area contributed by atoms with Crippen molar-refractivity contribution in [3.8, 4) is 0 Å². The summed E-state index contributed by atoms with van der Waals surface area (Å²) >= 11 is 0. The largest absolute Gasteiger partial charge is 0.481 e. The molecule has 0 atom stereocenters. The molecule has 1 saturated heterocycles. The van der Waals surface area contributed by atoms with Crippen LogP contribution in [-0.4, -0.2) is 52.9 Å². The third-order valence-corrected chi connectivity index (χ3v) is 7.67. The number of carboxylic acid groups (broad SMARTS) is 2. The van der Waals surface area contributed by atoms with Crippen LogP contribution in [-0.2, 0) is 11.3 Å². The highest BCUT2D eigenvalue weighted by Crippen LogP contribution is 2.25. The second-order valence-corrected chi connectivity index (χ2v) is 10.9. The number of aromatic nitrogens is 1. The summed E-state index contributed by atoms with van der Waals surface area (Å²) in [4.78, 5) is 35.7. The second kappa shape index (κ2) is 19.2. The maximum atomic E-state index is 14.5. The summed E-state index contributed by atoms with van der Waals surface area (Å²) in [6.45, 7) is 7.52. The summed E-state index contributed by atoms with van der Waals surface area (Å²) in [5.41, 5.74) is 0.0118. The van der Waals surface area contributed by atoms with Gasteiger partial charge in [-0.3, -0.25) is 9.59 Å². The topological polar surface area (TPSA) is 112 Å². The standard InChI is InChI=1S/C16H18FN3O3.C16H32O2/c1-2-19-9-11(16(22)23)15(21)10-7-12(17)14(8-13(10)19)20-5-3-18-4-6-20;1-2-3-4-5-6-7-8-9-10-11-12-13-14-15-16(17)18/h7-9,18H,2-6H2,1H3,(H,22,23);2-15H2,1H3,(H,17,18). The smallest absolute Gasteiger partial charge is 0.341 e. The van der Waals surface area contributed by atoms with Crippen molar-refractivity contribution in [1.29, 1.82) is 0 Å². The monoisotopic (exact) mass is 575 g/mol. The molecule has 0 bridgehead atoms. The van der Waals surface area contributed by atoms with E-state index in [0.717, 1.165) is 32.0 Å². The number of aryl methyl sites for hydroxylation is 1. The molecular formula is C32H50FN3O5. The van der Waals surface area contributed by atoms with Crippen molar-refractivity contribution in [3.63, 3.8) is 0 Å². The van der Waals surface area contributed by atoms with Crippen LogP contribution in [0.3, 0.4) is 0 Å². The number of carbonyl (C=O) groups is 2. The van der Waals surface area contributed by atoms with E-state index in [1.165, 1.54) is 76.8 Å². The van der Waals surface area contributed by atoms with Crippen LogP contribution in [0.2, 0.25) is 0 Å². The number of benzene rings is 1. The zero-order chi connectivity index (χ0) is 30.0. The molecule has 3 N–H and O–H groups in total. The number of hydrogen-bond donors (Lipinski definition) is 3. The van der Waals surface area contributed by atoms with E-state index in [1.54, 1.807) is 10.6 Å². The Kier molecular flexibility index (Phi) is 16.1. The molecule has 1 aromatic heterocycles. The highest BCUT2D eigenvalue weighted by molar-refractivity contribution is 5.93. The first-order chi connectivity index (χ1) is 19.8. The number of aromatic carboxylic acids is 1. The van der Waals surface area contributed by atoms with Gasteiger partial charge >= 0.3 is 11.9 Å². The van der Waals surface area contributed by atoms with Gasteiger partial charge in [0.15, 0.2) is 0 Å². The minimum absolute atomic E-state index is 0.100. The number of nitrogens with one attached hydrogen (secondary N) is 1. The number of hydrogen-bond acceptors (Lipinski definition) is 5. The minimum Gasteiger partial charge on any atom is -0.481 e. The van der Waals surface area contributed by atoms with Crippen molar-refractivity contribution in [1.82, 2.24) is 9.88 Å². The van der Waals surface area contributed by atoms with E-state index < -0.39 is 23.2 Å². The van der Waals surface area contributed by atoms with Crippen LogP contribution in [0.5, 0.6) is 0 Å². The lowest BCUT2D eigenvalue weighted by Crippen LogP contribution is -2.43. The summed E-state index contributed by atoms with van der Waals surface area (Å²) in [6.07, 6.45) is 18.6. The van der Waals surface area contributed by atoms with Gasteiger partial charge in [-0.1, -0.05) is 84.0 Å². The van der Waals surface area contributed by atoms with Gasteiger partial charge in [-0.2, -0.15) is 0 Å². The number of nitrogens with zero attached hydrogens (tertiary/aromatic N) is 2. The van der Waals surface area contributed by atoms with Crippen molar-refractivity contribution in [2.45, 2.75) is 110 Å². The molecule has 1 aromatic carbocycles. The molecule has 8 nitrogen and oxygen atoms in total. The van der Waals surface area contributed by atoms with Crippen molar-refractivity contribution in [2.24, 2.45) is 0 Å². The molecule has 0 unspecified atom stereocenters. The average molecular weight is 576 g/mol. The fraction of sp³-hybridized carbons (Fsp3) is 0.656. The molecule has 1 aliphatic heterocycles. The summed E-state index contributed by atoms with van der Waals surface area (Å²) in [5, 5.41) is 20.9. The molecule has 0 spiro atoms. The van der Waals surface area contributed by atoms with Gasteiger partial charge < -0.3 is 25.0 Å². The summed E-state index contributed by atoms with van der Waals surface area (Å²) < 4.78 is 16.2. The first kappa shape index (κ1) is 34.3. The normalized spacial score (nSPS) is 13.2. The van der Waals surface area contributed by atoms with Crippen LogP contribution in [0.15, 0.2) is 23.1 Å². The Labute approximate surface area is 243 Å². The molecule has 9 heteroatoms. The lowest BCUT2D eigenvalue weighted by molar-refractivity contribution is -0.137. The van der Waals surface area contributed by atoms with E-state index in [1.807, 2.05) is 11.8 Å². The van der Waals surface area contributed by atoms with Gasteiger partial charge in [0.25, 0.3) is 0 Å². The quantitative estimate of drug-likeness (QED) is 0.177. The Morgan fingerprint density at radius 3 is 1.88 bits per heavy atom. The van der Waals surface area contributed by atoms with Gasteiger partial charge in [0, 0.05) is 50.7 Å². The fourth-order valence-corrected chi connectivity index (χ4v) is 5.26. The third kappa shape index (κ3) is 11.8. The van der Waals surface area contributed by atoms with Gasteiger partial charge in [0.1, 0.15) is 11.4 Å².